The van der Waals surface area contributed by atoms with Gasteiger partial charge in [-0.25, -0.2) is 4.79 Å². The van der Waals surface area contributed by atoms with Gasteiger partial charge >= 0.3 is 6.03 Å². The Morgan fingerprint density at radius 1 is 1.32 bits per heavy atom. The van der Waals surface area contributed by atoms with Gasteiger partial charge < -0.3 is 15.1 Å². The third-order valence-corrected chi connectivity index (χ3v) is 5.17. The van der Waals surface area contributed by atoms with Gasteiger partial charge in [-0.1, -0.05) is 18.2 Å². The molecule has 0 saturated carbocycles. The lowest BCUT2D eigenvalue weighted by Gasteiger charge is -2.50. The van der Waals surface area contributed by atoms with Crippen molar-refractivity contribution in [3.63, 3.8) is 0 Å². The van der Waals surface area contributed by atoms with Gasteiger partial charge in [-0.2, -0.15) is 0 Å². The molecule has 0 bridgehead atoms. The van der Waals surface area contributed by atoms with E-state index in [1.165, 1.54) is 5.56 Å². The molecule has 116 valence electrons. The minimum atomic E-state index is -0.111. The van der Waals surface area contributed by atoms with E-state index in [9.17, 15) is 9.59 Å². The van der Waals surface area contributed by atoms with Gasteiger partial charge in [0.2, 0.25) is 5.91 Å². The fourth-order valence-corrected chi connectivity index (χ4v) is 3.79. The number of nitrogens with zero attached hydrogens (tertiary/aromatic N) is 3. The fraction of sp³-hybridized carbons (Fsp3) is 0.500. The normalized spacial score (nSPS) is 22.7. The SMILES string of the molecule is CN1C(=O)NCC12CN(CC(=O)N1CCc3ccccc31)C2. The predicted octanol–water partition coefficient (Wildman–Crippen LogP) is 0.285. The van der Waals surface area contributed by atoms with E-state index in [0.717, 1.165) is 31.7 Å². The van der Waals surface area contributed by atoms with Crippen LogP contribution in [-0.2, 0) is 11.2 Å². The summed E-state index contributed by atoms with van der Waals surface area (Å²) in [5.74, 6) is 0.153. The molecule has 1 aromatic carbocycles. The second kappa shape index (κ2) is 4.71. The van der Waals surface area contributed by atoms with Crippen LogP contribution >= 0.6 is 0 Å². The Morgan fingerprint density at radius 3 is 2.82 bits per heavy atom. The Bertz CT molecular complexity index is 639. The first-order chi connectivity index (χ1) is 10.6. The smallest absolute Gasteiger partial charge is 0.317 e. The molecule has 0 unspecified atom stereocenters. The van der Waals surface area contributed by atoms with Crippen LogP contribution in [0.2, 0.25) is 0 Å². The third-order valence-electron chi connectivity index (χ3n) is 5.17. The third kappa shape index (κ3) is 1.90. The van der Waals surface area contributed by atoms with Crippen molar-refractivity contribution in [1.82, 2.24) is 15.1 Å². The minimum absolute atomic E-state index is 0.0144. The van der Waals surface area contributed by atoms with Crippen LogP contribution in [0.4, 0.5) is 10.5 Å². The van der Waals surface area contributed by atoms with Gasteiger partial charge in [0.25, 0.3) is 0 Å². The van der Waals surface area contributed by atoms with Crippen molar-refractivity contribution in [3.05, 3.63) is 29.8 Å². The number of rotatable bonds is 2. The van der Waals surface area contributed by atoms with Gasteiger partial charge in [0.05, 0.1) is 12.1 Å². The molecular weight excluding hydrogens is 280 g/mol. The number of hydrogen-bond donors (Lipinski definition) is 1. The summed E-state index contributed by atoms with van der Waals surface area (Å²) in [4.78, 5) is 29.9. The number of benzene rings is 1. The van der Waals surface area contributed by atoms with Crippen LogP contribution in [0.15, 0.2) is 24.3 Å². The van der Waals surface area contributed by atoms with E-state index >= 15 is 0 Å². The van der Waals surface area contributed by atoms with Crippen LogP contribution in [0.5, 0.6) is 0 Å². The highest BCUT2D eigenvalue weighted by Crippen LogP contribution is 2.31. The second-order valence-corrected chi connectivity index (χ2v) is 6.51. The second-order valence-electron chi connectivity index (χ2n) is 6.51. The quantitative estimate of drug-likeness (QED) is 0.854. The van der Waals surface area contributed by atoms with Gasteiger partial charge in [-0.15, -0.1) is 0 Å². The number of likely N-dealkylation sites (tertiary alicyclic amines) is 1. The number of hydrogen-bond acceptors (Lipinski definition) is 3. The van der Waals surface area contributed by atoms with Gasteiger partial charge in [0.15, 0.2) is 0 Å². The predicted molar refractivity (Wildman–Crippen MR) is 82.8 cm³/mol. The number of likely N-dealkylation sites (N-methyl/N-ethyl adjacent to an activating group) is 1. The summed E-state index contributed by atoms with van der Waals surface area (Å²) >= 11 is 0. The van der Waals surface area contributed by atoms with Crippen molar-refractivity contribution in [2.75, 3.05) is 44.7 Å². The molecule has 2 saturated heterocycles. The molecule has 3 aliphatic heterocycles. The molecule has 0 aliphatic carbocycles. The first-order valence-electron chi connectivity index (χ1n) is 7.71. The Hall–Kier alpha value is -2.08. The molecule has 22 heavy (non-hydrogen) atoms. The number of amides is 3. The number of urea groups is 1. The number of carbonyl (C=O) groups excluding carboxylic acids is 2. The molecule has 1 N–H and O–H groups in total. The molecule has 0 atom stereocenters. The van der Waals surface area contributed by atoms with Crippen LogP contribution in [0.25, 0.3) is 0 Å². The average molecular weight is 300 g/mol. The molecule has 6 nitrogen and oxygen atoms in total. The molecular formula is C16H20N4O2. The Morgan fingerprint density at radius 2 is 2.09 bits per heavy atom. The number of fused-ring (bicyclic) bond motifs is 1. The van der Waals surface area contributed by atoms with E-state index < -0.39 is 0 Å². The van der Waals surface area contributed by atoms with Gasteiger partial charge in [0, 0.05) is 38.9 Å². The lowest BCUT2D eigenvalue weighted by molar-refractivity contribution is -0.122. The summed E-state index contributed by atoms with van der Waals surface area (Å²) < 4.78 is 0. The van der Waals surface area contributed by atoms with Crippen LogP contribution in [0, 0.1) is 0 Å². The zero-order valence-electron chi connectivity index (χ0n) is 12.7. The summed E-state index contributed by atoms with van der Waals surface area (Å²) in [6.45, 7) is 3.42. The first-order valence-corrected chi connectivity index (χ1v) is 7.71. The minimum Gasteiger partial charge on any atom is -0.336 e. The van der Waals surface area contributed by atoms with E-state index in [1.807, 2.05) is 30.1 Å². The van der Waals surface area contributed by atoms with Crippen LogP contribution in [0.1, 0.15) is 5.56 Å². The molecule has 2 fully saturated rings. The molecule has 3 amide bonds. The maximum Gasteiger partial charge on any atom is 0.317 e. The highest BCUT2D eigenvalue weighted by Gasteiger charge is 2.52. The number of carbonyl (C=O) groups is 2. The molecule has 4 rings (SSSR count). The Kier molecular flexibility index (Phi) is 2.91. The molecule has 6 heteroatoms. The summed E-state index contributed by atoms with van der Waals surface area (Å²) in [7, 11) is 1.83. The van der Waals surface area contributed by atoms with Gasteiger partial charge in [-0.05, 0) is 18.1 Å². The number of para-hydroxylation sites is 1. The zero-order valence-corrected chi connectivity index (χ0v) is 12.7. The van der Waals surface area contributed by atoms with Crippen LogP contribution < -0.4 is 10.2 Å². The first kappa shape index (κ1) is 13.6. The fourth-order valence-electron chi connectivity index (χ4n) is 3.79. The average Bonchev–Trinajstić information content (AvgIpc) is 3.03. The molecule has 1 spiro atoms. The highest BCUT2D eigenvalue weighted by atomic mass is 16.2. The van der Waals surface area contributed by atoms with Crippen molar-refractivity contribution < 1.29 is 9.59 Å². The van der Waals surface area contributed by atoms with E-state index in [0.29, 0.717) is 13.1 Å². The summed E-state index contributed by atoms with van der Waals surface area (Å²) in [6, 6.07) is 8.09. The van der Waals surface area contributed by atoms with Crippen molar-refractivity contribution in [2.45, 2.75) is 12.0 Å². The summed E-state index contributed by atoms with van der Waals surface area (Å²) in [5, 5.41) is 2.87. The monoisotopic (exact) mass is 300 g/mol. The molecule has 0 aromatic heterocycles. The van der Waals surface area contributed by atoms with E-state index in [2.05, 4.69) is 16.3 Å². The van der Waals surface area contributed by atoms with Gasteiger partial charge in [-0.3, -0.25) is 9.69 Å². The lowest BCUT2D eigenvalue weighted by Crippen LogP contribution is -2.70. The Labute approximate surface area is 129 Å². The molecule has 1 aromatic rings. The topological polar surface area (TPSA) is 55.9 Å². The standard InChI is InChI=1S/C16H20N4O2/c1-18-15(22)17-9-16(18)10-19(11-16)8-14(21)20-7-6-12-4-2-3-5-13(12)20/h2-5H,6-11H2,1H3,(H,17,22). The van der Waals surface area contributed by atoms with Gasteiger partial charge in [0.1, 0.15) is 0 Å². The van der Waals surface area contributed by atoms with Crippen molar-refractivity contribution in [2.24, 2.45) is 0 Å². The largest absolute Gasteiger partial charge is 0.336 e. The maximum atomic E-state index is 12.5. The van der Waals surface area contributed by atoms with E-state index in [-0.39, 0.29) is 17.5 Å². The van der Waals surface area contributed by atoms with E-state index in [4.69, 9.17) is 0 Å². The summed E-state index contributed by atoms with van der Waals surface area (Å²) in [5.41, 5.74) is 2.19. The zero-order chi connectivity index (χ0) is 15.3. The van der Waals surface area contributed by atoms with E-state index in [1.54, 1.807) is 4.90 Å². The van der Waals surface area contributed by atoms with Crippen LogP contribution in [0.3, 0.4) is 0 Å². The maximum absolute atomic E-state index is 12.5. The number of nitrogens with one attached hydrogen (secondary N) is 1. The molecule has 0 radical (unpaired) electrons. The van der Waals surface area contributed by atoms with Crippen molar-refractivity contribution in [1.29, 1.82) is 0 Å². The number of anilines is 1. The molecule has 3 heterocycles. The molecule has 3 aliphatic rings. The van der Waals surface area contributed by atoms with Crippen LogP contribution in [-0.4, -0.2) is 67.0 Å². The van der Waals surface area contributed by atoms with Crippen molar-refractivity contribution >= 4 is 17.6 Å². The lowest BCUT2D eigenvalue weighted by atomic mass is 9.89. The highest BCUT2D eigenvalue weighted by molar-refractivity contribution is 5.96. The van der Waals surface area contributed by atoms with Crippen molar-refractivity contribution in [3.8, 4) is 0 Å². The Balaban J connectivity index is 1.38. The summed E-state index contributed by atoms with van der Waals surface area (Å²) in [6.07, 6.45) is 0.938.